The van der Waals surface area contributed by atoms with Gasteiger partial charge in [-0.05, 0) is 59.1 Å². The average Bonchev–Trinajstić information content (AvgIpc) is 2.78. The topological polar surface area (TPSA) is 62.4 Å². The van der Waals surface area contributed by atoms with Crippen molar-refractivity contribution < 1.29 is 9.53 Å². The highest BCUT2D eigenvalue weighted by Crippen LogP contribution is 2.29. The van der Waals surface area contributed by atoms with Crippen LogP contribution in [0.15, 0.2) is 66.7 Å². The molecule has 3 N–H and O–H groups in total. The van der Waals surface area contributed by atoms with E-state index in [0.29, 0.717) is 28.6 Å². The molecule has 7 heteroatoms. The number of hydrogen-bond acceptors (Lipinski definition) is 4. The molecule has 0 aromatic heterocycles. The molecule has 0 spiro atoms. The molecular weight excluding hydrogens is 454 g/mol. The van der Waals surface area contributed by atoms with E-state index in [1.807, 2.05) is 54.6 Å². The molecule has 3 aromatic carbocycles. The molecule has 0 bridgehead atoms. The second kappa shape index (κ2) is 10.7. The van der Waals surface area contributed by atoms with Gasteiger partial charge < -0.3 is 15.4 Å². The number of methoxy groups -OCH3 is 1. The summed E-state index contributed by atoms with van der Waals surface area (Å²) in [6, 6.07) is 20.8. The molecule has 0 saturated carbocycles. The minimum absolute atomic E-state index is 0.0271. The normalized spacial score (nSPS) is 10.9. The van der Waals surface area contributed by atoms with E-state index < -0.39 is 0 Å². The second-order valence-corrected chi connectivity index (χ2v) is 9.41. The number of thiocarbonyl (C=S) groups is 1. The lowest BCUT2D eigenvalue weighted by atomic mass is 9.87. The third kappa shape index (κ3) is 6.70. The van der Waals surface area contributed by atoms with Crippen molar-refractivity contribution in [3.63, 3.8) is 0 Å². The van der Waals surface area contributed by atoms with Gasteiger partial charge in [0.1, 0.15) is 5.75 Å². The number of halogens is 1. The van der Waals surface area contributed by atoms with Gasteiger partial charge in [-0.25, -0.2) is 0 Å². The first kappa shape index (κ1) is 24.6. The Morgan fingerprint density at radius 2 is 1.73 bits per heavy atom. The van der Waals surface area contributed by atoms with Gasteiger partial charge >= 0.3 is 0 Å². The van der Waals surface area contributed by atoms with Gasteiger partial charge in [-0.2, -0.15) is 0 Å². The molecule has 5 nitrogen and oxygen atoms in total. The lowest BCUT2D eigenvalue weighted by Gasteiger charge is -2.19. The smallest absolute Gasteiger partial charge is 0.257 e. The van der Waals surface area contributed by atoms with Crippen LogP contribution in [0.5, 0.6) is 5.75 Å². The number of anilines is 2. The highest BCUT2D eigenvalue weighted by Gasteiger charge is 2.15. The summed E-state index contributed by atoms with van der Waals surface area (Å²) in [6.45, 7) is 6.96. The van der Waals surface area contributed by atoms with E-state index in [-0.39, 0.29) is 16.4 Å². The SMILES string of the molecule is COc1cc(NC(=S)NC(=O)c2ccc(C(C)(C)C)cc2)ccc1NCc1ccccc1Cl. The molecule has 3 aromatic rings. The molecule has 0 atom stereocenters. The molecule has 0 unspecified atom stereocenters. The van der Waals surface area contributed by atoms with E-state index in [0.717, 1.165) is 16.8 Å². The van der Waals surface area contributed by atoms with Crippen LogP contribution in [0.4, 0.5) is 11.4 Å². The Morgan fingerprint density at radius 1 is 1.03 bits per heavy atom. The lowest BCUT2D eigenvalue weighted by molar-refractivity contribution is 0.0977. The van der Waals surface area contributed by atoms with Crippen LogP contribution >= 0.6 is 23.8 Å². The maximum absolute atomic E-state index is 12.5. The van der Waals surface area contributed by atoms with Crippen molar-refractivity contribution in [3.8, 4) is 5.75 Å². The van der Waals surface area contributed by atoms with Gasteiger partial charge in [0.15, 0.2) is 5.11 Å². The largest absolute Gasteiger partial charge is 0.495 e. The van der Waals surface area contributed by atoms with Crippen molar-refractivity contribution in [2.45, 2.75) is 32.7 Å². The van der Waals surface area contributed by atoms with Crippen LogP contribution in [0, 0.1) is 0 Å². The van der Waals surface area contributed by atoms with Crippen molar-refractivity contribution in [3.05, 3.63) is 88.4 Å². The zero-order valence-corrected chi connectivity index (χ0v) is 20.7. The number of hydrogen-bond donors (Lipinski definition) is 3. The fraction of sp³-hybridized carbons (Fsp3) is 0.231. The maximum Gasteiger partial charge on any atom is 0.257 e. The standard InChI is InChI=1S/C26H28ClN3O2S/c1-26(2,3)19-11-9-17(10-12-19)24(31)30-25(33)29-20-13-14-22(23(15-20)32-4)28-16-18-7-5-6-8-21(18)27/h5-15,28H,16H2,1-4H3,(H2,29,30,31,33). The number of carbonyl (C=O) groups excluding carboxylic acids is 1. The average molecular weight is 482 g/mol. The van der Waals surface area contributed by atoms with Crippen LogP contribution in [0.3, 0.4) is 0 Å². The Bertz CT molecular complexity index is 1140. The van der Waals surface area contributed by atoms with E-state index in [4.69, 9.17) is 28.6 Å². The molecular formula is C26H28ClN3O2S. The molecule has 0 aliphatic heterocycles. The summed E-state index contributed by atoms with van der Waals surface area (Å²) in [5.41, 5.74) is 4.24. The molecule has 0 saturated heterocycles. The summed E-state index contributed by atoms with van der Waals surface area (Å²) in [7, 11) is 1.60. The zero-order valence-electron chi connectivity index (χ0n) is 19.2. The second-order valence-electron chi connectivity index (χ2n) is 8.60. The zero-order chi connectivity index (χ0) is 24.0. The summed E-state index contributed by atoms with van der Waals surface area (Å²) in [4.78, 5) is 12.5. The predicted molar refractivity (Wildman–Crippen MR) is 141 cm³/mol. The Kier molecular flexibility index (Phi) is 7.95. The number of carbonyl (C=O) groups is 1. The first-order valence-electron chi connectivity index (χ1n) is 10.6. The van der Waals surface area contributed by atoms with Crippen molar-refractivity contribution in [1.82, 2.24) is 5.32 Å². The number of rotatable bonds is 6. The first-order valence-corrected chi connectivity index (χ1v) is 11.3. The van der Waals surface area contributed by atoms with E-state index in [1.54, 1.807) is 19.2 Å². The molecule has 3 rings (SSSR count). The Hall–Kier alpha value is -3.09. The Morgan fingerprint density at radius 3 is 2.36 bits per heavy atom. The van der Waals surface area contributed by atoms with Gasteiger partial charge in [0.05, 0.1) is 12.8 Å². The van der Waals surface area contributed by atoms with Crippen molar-refractivity contribution in [1.29, 1.82) is 0 Å². The minimum atomic E-state index is -0.266. The maximum atomic E-state index is 12.5. The third-order valence-corrected chi connectivity index (χ3v) is 5.70. The summed E-state index contributed by atoms with van der Waals surface area (Å²) >= 11 is 11.6. The van der Waals surface area contributed by atoms with Gasteiger partial charge in [-0.15, -0.1) is 0 Å². The number of amides is 1. The summed E-state index contributed by atoms with van der Waals surface area (Å²) in [6.07, 6.45) is 0. The Balaban J connectivity index is 1.61. The van der Waals surface area contributed by atoms with Crippen LogP contribution in [0.2, 0.25) is 5.02 Å². The van der Waals surface area contributed by atoms with Crippen LogP contribution in [0.1, 0.15) is 42.3 Å². The Labute approximate surface area is 205 Å². The van der Waals surface area contributed by atoms with Crippen molar-refractivity contribution in [2.75, 3.05) is 17.7 Å². The van der Waals surface area contributed by atoms with Crippen molar-refractivity contribution in [2.24, 2.45) is 0 Å². The predicted octanol–water partition coefficient (Wildman–Crippen LogP) is 6.39. The summed E-state index contributed by atoms with van der Waals surface area (Å²) in [5, 5.41) is 9.99. The van der Waals surface area contributed by atoms with Crippen molar-refractivity contribution >= 4 is 46.2 Å². The quantitative estimate of drug-likeness (QED) is 0.356. The summed E-state index contributed by atoms with van der Waals surface area (Å²) < 4.78 is 5.51. The molecule has 0 aliphatic rings. The molecule has 1 amide bonds. The van der Waals surface area contributed by atoms with Gasteiger partial charge in [-0.3, -0.25) is 10.1 Å². The molecule has 0 radical (unpaired) electrons. The number of benzene rings is 3. The van der Waals surface area contributed by atoms with Gasteiger partial charge in [0.25, 0.3) is 5.91 Å². The summed E-state index contributed by atoms with van der Waals surface area (Å²) in [5.74, 6) is 0.372. The van der Waals surface area contributed by atoms with Gasteiger partial charge in [0.2, 0.25) is 0 Å². The van der Waals surface area contributed by atoms with Crippen LogP contribution in [-0.2, 0) is 12.0 Å². The lowest BCUT2D eigenvalue weighted by Crippen LogP contribution is -2.34. The highest BCUT2D eigenvalue weighted by molar-refractivity contribution is 7.80. The van der Waals surface area contributed by atoms with Crippen LogP contribution in [0.25, 0.3) is 0 Å². The first-order chi connectivity index (χ1) is 15.7. The fourth-order valence-corrected chi connectivity index (χ4v) is 3.62. The molecule has 0 heterocycles. The number of ether oxygens (including phenoxy) is 1. The van der Waals surface area contributed by atoms with Crippen LogP contribution < -0.4 is 20.7 Å². The highest BCUT2D eigenvalue weighted by atomic mass is 35.5. The van der Waals surface area contributed by atoms with E-state index in [2.05, 4.69) is 36.7 Å². The van der Waals surface area contributed by atoms with Crippen LogP contribution in [-0.4, -0.2) is 18.1 Å². The van der Waals surface area contributed by atoms with E-state index in [1.165, 1.54) is 0 Å². The monoisotopic (exact) mass is 481 g/mol. The minimum Gasteiger partial charge on any atom is -0.495 e. The molecule has 33 heavy (non-hydrogen) atoms. The fourth-order valence-electron chi connectivity index (χ4n) is 3.21. The van der Waals surface area contributed by atoms with Gasteiger partial charge in [-0.1, -0.05) is 62.7 Å². The van der Waals surface area contributed by atoms with Gasteiger partial charge in [0, 0.05) is 28.9 Å². The molecule has 0 fully saturated rings. The third-order valence-electron chi connectivity index (χ3n) is 5.13. The molecule has 0 aliphatic carbocycles. The van der Waals surface area contributed by atoms with E-state index in [9.17, 15) is 4.79 Å². The van der Waals surface area contributed by atoms with E-state index >= 15 is 0 Å². The molecule has 172 valence electrons. The number of nitrogens with one attached hydrogen (secondary N) is 3.